The number of piperidine rings is 1. The van der Waals surface area contributed by atoms with Gasteiger partial charge >= 0.3 is 0 Å². The van der Waals surface area contributed by atoms with Crippen molar-refractivity contribution in [3.8, 4) is 5.75 Å². The van der Waals surface area contributed by atoms with Crippen molar-refractivity contribution in [3.05, 3.63) is 28.2 Å². The number of likely N-dealkylation sites (tertiary alicyclic amines) is 1. The lowest BCUT2D eigenvalue weighted by molar-refractivity contribution is 0.0646. The molecule has 2 atom stereocenters. The fraction of sp³-hybridized carbons (Fsp3) is 0.500. The van der Waals surface area contributed by atoms with Gasteiger partial charge in [-0.15, -0.1) is 0 Å². The molecular weight excluding hydrogens is 308 g/mol. The summed E-state index contributed by atoms with van der Waals surface area (Å²) in [7, 11) is 0. The van der Waals surface area contributed by atoms with Gasteiger partial charge in [0.25, 0.3) is 5.91 Å². The molecule has 104 valence electrons. The molecule has 1 aliphatic heterocycles. The molecule has 0 saturated carbocycles. The maximum absolute atomic E-state index is 12.4. The number of carbonyl (C=O) groups is 1. The number of phenols is 1. The van der Waals surface area contributed by atoms with Crippen LogP contribution in [0.15, 0.2) is 22.7 Å². The Morgan fingerprint density at radius 2 is 2.32 bits per heavy atom. The molecule has 0 aromatic heterocycles. The number of amides is 1. The Bertz CT molecular complexity index is 479. The molecule has 0 aliphatic carbocycles. The first-order chi connectivity index (χ1) is 9.02. The molecule has 5 heteroatoms. The second-order valence-corrected chi connectivity index (χ2v) is 5.95. The molecule has 1 aromatic rings. The molecule has 19 heavy (non-hydrogen) atoms. The van der Waals surface area contributed by atoms with Crippen molar-refractivity contribution in [2.24, 2.45) is 11.7 Å². The summed E-state index contributed by atoms with van der Waals surface area (Å²) < 4.78 is 0.758. The van der Waals surface area contributed by atoms with Gasteiger partial charge in [-0.05, 0) is 30.5 Å². The van der Waals surface area contributed by atoms with Crippen molar-refractivity contribution in [2.45, 2.75) is 25.8 Å². The quantitative estimate of drug-likeness (QED) is 0.876. The van der Waals surface area contributed by atoms with Gasteiger partial charge < -0.3 is 15.7 Å². The van der Waals surface area contributed by atoms with E-state index in [2.05, 4.69) is 22.9 Å². The van der Waals surface area contributed by atoms with E-state index in [9.17, 15) is 9.90 Å². The molecule has 1 fully saturated rings. The molecule has 3 N–H and O–H groups in total. The highest BCUT2D eigenvalue weighted by atomic mass is 79.9. The third-order valence-corrected chi connectivity index (χ3v) is 4.29. The second-order valence-electron chi connectivity index (χ2n) is 5.03. The molecule has 1 aliphatic rings. The Balaban J connectivity index is 2.15. The van der Waals surface area contributed by atoms with E-state index in [1.54, 1.807) is 23.1 Å². The van der Waals surface area contributed by atoms with Crippen molar-refractivity contribution >= 4 is 21.8 Å². The van der Waals surface area contributed by atoms with Crippen LogP contribution < -0.4 is 5.73 Å². The van der Waals surface area contributed by atoms with Gasteiger partial charge in [0.15, 0.2) is 0 Å². The van der Waals surface area contributed by atoms with Crippen molar-refractivity contribution in [1.29, 1.82) is 0 Å². The van der Waals surface area contributed by atoms with E-state index in [0.29, 0.717) is 24.6 Å². The lowest BCUT2D eigenvalue weighted by Gasteiger charge is -2.36. The maximum Gasteiger partial charge on any atom is 0.257 e. The zero-order valence-corrected chi connectivity index (χ0v) is 12.6. The van der Waals surface area contributed by atoms with Crippen LogP contribution in [0, 0.1) is 5.92 Å². The Hall–Kier alpha value is -1.07. The molecule has 2 rings (SSSR count). The largest absolute Gasteiger partial charge is 0.507 e. The molecular formula is C14H19BrN2O2. The highest BCUT2D eigenvalue weighted by molar-refractivity contribution is 9.10. The predicted octanol–water partition coefficient (Wildman–Crippen LogP) is 2.35. The van der Waals surface area contributed by atoms with Crippen molar-refractivity contribution in [1.82, 2.24) is 4.90 Å². The number of hydrogen-bond acceptors (Lipinski definition) is 3. The van der Waals surface area contributed by atoms with Crippen LogP contribution >= 0.6 is 15.9 Å². The number of hydrogen-bond donors (Lipinski definition) is 2. The number of benzene rings is 1. The Morgan fingerprint density at radius 3 is 2.95 bits per heavy atom. The number of nitrogens with zero attached hydrogens (tertiary/aromatic N) is 1. The number of phenolic OH excluding ortho intramolecular Hbond substituents is 1. The normalized spacial score (nSPS) is 23.4. The highest BCUT2D eigenvalue weighted by Crippen LogP contribution is 2.26. The minimum absolute atomic E-state index is 0.0160. The lowest BCUT2D eigenvalue weighted by atomic mass is 9.90. The van der Waals surface area contributed by atoms with E-state index in [4.69, 9.17) is 5.73 Å². The summed E-state index contributed by atoms with van der Waals surface area (Å²) in [6.45, 7) is 3.42. The molecule has 1 amide bonds. The minimum atomic E-state index is -0.115. The average Bonchev–Trinajstić information content (AvgIpc) is 2.38. The van der Waals surface area contributed by atoms with Crippen molar-refractivity contribution in [3.63, 3.8) is 0 Å². The smallest absolute Gasteiger partial charge is 0.257 e. The van der Waals surface area contributed by atoms with Crippen LogP contribution in [0.1, 0.15) is 30.1 Å². The van der Waals surface area contributed by atoms with Crippen LogP contribution in [0.4, 0.5) is 0 Å². The zero-order chi connectivity index (χ0) is 14.0. The topological polar surface area (TPSA) is 66.6 Å². The summed E-state index contributed by atoms with van der Waals surface area (Å²) in [5.41, 5.74) is 6.40. The molecule has 4 nitrogen and oxygen atoms in total. The van der Waals surface area contributed by atoms with E-state index in [0.717, 1.165) is 17.3 Å². The molecule has 2 unspecified atom stereocenters. The van der Waals surface area contributed by atoms with E-state index in [1.807, 2.05) is 0 Å². The molecule has 1 saturated heterocycles. The fourth-order valence-corrected chi connectivity index (χ4v) is 2.87. The number of nitrogens with two attached hydrogens (primary N) is 1. The van der Waals surface area contributed by atoms with Gasteiger partial charge in [0.05, 0.1) is 5.56 Å². The monoisotopic (exact) mass is 326 g/mol. The third-order valence-electron chi connectivity index (χ3n) is 3.79. The van der Waals surface area contributed by atoms with E-state index in [1.165, 1.54) is 0 Å². The second kappa shape index (κ2) is 5.92. The van der Waals surface area contributed by atoms with Gasteiger partial charge in [-0.3, -0.25) is 4.79 Å². The predicted molar refractivity (Wildman–Crippen MR) is 78.1 cm³/mol. The standard InChI is InChI=1S/C14H19BrN2O2/c1-2-9-8-17(6-5-12(9)16)14(19)11-4-3-10(15)7-13(11)18/h3-4,7,9,12,18H,2,5-6,8,16H2,1H3. The zero-order valence-electron chi connectivity index (χ0n) is 11.0. The number of aromatic hydroxyl groups is 1. The van der Waals surface area contributed by atoms with Crippen LogP contribution in [0.2, 0.25) is 0 Å². The summed E-state index contributed by atoms with van der Waals surface area (Å²) in [4.78, 5) is 14.2. The van der Waals surface area contributed by atoms with Gasteiger partial charge in [0.2, 0.25) is 0 Å². The molecule has 1 heterocycles. The van der Waals surface area contributed by atoms with Crippen LogP contribution in [0.25, 0.3) is 0 Å². The Labute approximate surface area is 121 Å². The van der Waals surface area contributed by atoms with Crippen LogP contribution in [0.5, 0.6) is 5.75 Å². The van der Waals surface area contributed by atoms with Crippen molar-refractivity contribution in [2.75, 3.05) is 13.1 Å². The van der Waals surface area contributed by atoms with E-state index < -0.39 is 0 Å². The van der Waals surface area contributed by atoms with Gasteiger partial charge in [0.1, 0.15) is 5.75 Å². The Morgan fingerprint density at radius 1 is 1.58 bits per heavy atom. The summed E-state index contributed by atoms with van der Waals surface area (Å²) in [5, 5.41) is 9.87. The lowest BCUT2D eigenvalue weighted by Crippen LogP contribution is -2.49. The molecule has 1 aromatic carbocycles. The average molecular weight is 327 g/mol. The van der Waals surface area contributed by atoms with Crippen LogP contribution in [-0.4, -0.2) is 35.0 Å². The summed E-state index contributed by atoms with van der Waals surface area (Å²) >= 11 is 3.27. The summed E-state index contributed by atoms with van der Waals surface area (Å²) in [5.74, 6) is 0.243. The highest BCUT2D eigenvalue weighted by Gasteiger charge is 2.29. The van der Waals surface area contributed by atoms with E-state index >= 15 is 0 Å². The first kappa shape index (κ1) is 14.3. The van der Waals surface area contributed by atoms with Gasteiger partial charge in [-0.25, -0.2) is 0 Å². The van der Waals surface area contributed by atoms with Gasteiger partial charge in [-0.1, -0.05) is 29.3 Å². The SMILES string of the molecule is CCC1CN(C(=O)c2ccc(Br)cc2O)CCC1N. The fourth-order valence-electron chi connectivity index (χ4n) is 2.52. The van der Waals surface area contributed by atoms with Crippen LogP contribution in [0.3, 0.4) is 0 Å². The van der Waals surface area contributed by atoms with Crippen molar-refractivity contribution < 1.29 is 9.90 Å². The first-order valence-corrected chi connectivity index (χ1v) is 7.35. The third kappa shape index (κ3) is 3.09. The Kier molecular flexibility index (Phi) is 4.47. The summed E-state index contributed by atoms with van der Waals surface area (Å²) in [6, 6.07) is 5.13. The van der Waals surface area contributed by atoms with Gasteiger partial charge in [-0.2, -0.15) is 0 Å². The number of halogens is 1. The molecule has 0 bridgehead atoms. The maximum atomic E-state index is 12.4. The molecule has 0 radical (unpaired) electrons. The summed E-state index contributed by atoms with van der Waals surface area (Å²) in [6.07, 6.45) is 1.79. The number of carbonyl (C=O) groups excluding carboxylic acids is 1. The molecule has 0 spiro atoms. The van der Waals surface area contributed by atoms with Gasteiger partial charge in [0, 0.05) is 23.6 Å². The first-order valence-electron chi connectivity index (χ1n) is 6.56. The van der Waals surface area contributed by atoms with Crippen LogP contribution in [-0.2, 0) is 0 Å². The number of rotatable bonds is 2. The van der Waals surface area contributed by atoms with E-state index in [-0.39, 0.29) is 17.7 Å². The minimum Gasteiger partial charge on any atom is -0.507 e.